The van der Waals surface area contributed by atoms with E-state index in [4.69, 9.17) is 5.11 Å². The summed E-state index contributed by atoms with van der Waals surface area (Å²) >= 11 is 0. The van der Waals surface area contributed by atoms with Crippen molar-refractivity contribution in [2.45, 2.75) is 26.7 Å². The first-order valence-corrected chi connectivity index (χ1v) is 6.75. The summed E-state index contributed by atoms with van der Waals surface area (Å²) in [4.78, 5) is 26.7. The molecule has 5 nitrogen and oxygen atoms in total. The number of likely N-dealkylation sites (tertiary alicyclic amines) is 2. The fraction of sp³-hybridized carbons (Fsp3) is 0.846. The Kier molecular flexibility index (Phi) is 3.78. The van der Waals surface area contributed by atoms with E-state index in [1.807, 2.05) is 4.90 Å². The van der Waals surface area contributed by atoms with Gasteiger partial charge in [-0.25, -0.2) is 4.79 Å². The van der Waals surface area contributed by atoms with Gasteiger partial charge in [0.05, 0.1) is 5.92 Å². The molecule has 0 saturated carbocycles. The minimum atomic E-state index is -0.765. The summed E-state index contributed by atoms with van der Waals surface area (Å²) in [6.45, 7) is 6.77. The largest absolute Gasteiger partial charge is 0.481 e. The van der Waals surface area contributed by atoms with Gasteiger partial charge in [-0.05, 0) is 18.8 Å². The van der Waals surface area contributed by atoms with E-state index in [0.29, 0.717) is 19.0 Å². The van der Waals surface area contributed by atoms with Gasteiger partial charge in [0.15, 0.2) is 0 Å². The predicted molar refractivity (Wildman–Crippen MR) is 67.2 cm³/mol. The van der Waals surface area contributed by atoms with Crippen LogP contribution in [0, 0.1) is 17.8 Å². The number of carboxylic acids is 1. The third-order valence-corrected chi connectivity index (χ3v) is 4.20. The Balaban J connectivity index is 1.81. The molecule has 1 N–H and O–H groups in total. The Morgan fingerprint density at radius 3 is 2.44 bits per heavy atom. The summed E-state index contributed by atoms with van der Waals surface area (Å²) in [7, 11) is 0. The van der Waals surface area contributed by atoms with Crippen molar-refractivity contribution in [1.82, 2.24) is 9.80 Å². The van der Waals surface area contributed by atoms with E-state index in [9.17, 15) is 9.59 Å². The zero-order valence-electron chi connectivity index (χ0n) is 11.1. The molecule has 2 fully saturated rings. The van der Waals surface area contributed by atoms with E-state index in [2.05, 4.69) is 6.92 Å². The molecule has 2 rings (SSSR count). The van der Waals surface area contributed by atoms with Gasteiger partial charge in [0, 0.05) is 32.1 Å². The van der Waals surface area contributed by atoms with Crippen molar-refractivity contribution in [1.29, 1.82) is 0 Å². The quantitative estimate of drug-likeness (QED) is 0.812. The summed E-state index contributed by atoms with van der Waals surface area (Å²) in [5, 5.41) is 8.91. The Labute approximate surface area is 108 Å². The summed E-state index contributed by atoms with van der Waals surface area (Å²) in [6, 6.07) is 0.0930. The molecule has 2 unspecified atom stereocenters. The zero-order chi connectivity index (χ0) is 13.3. The second-order valence-electron chi connectivity index (χ2n) is 5.77. The van der Waals surface area contributed by atoms with Crippen molar-refractivity contribution in [3.8, 4) is 0 Å². The zero-order valence-corrected chi connectivity index (χ0v) is 11.1. The van der Waals surface area contributed by atoms with Crippen molar-refractivity contribution >= 4 is 12.0 Å². The van der Waals surface area contributed by atoms with Gasteiger partial charge in [-0.3, -0.25) is 4.79 Å². The number of hydrogen-bond acceptors (Lipinski definition) is 2. The average Bonchev–Trinajstić information content (AvgIpc) is 2.26. The van der Waals surface area contributed by atoms with Crippen molar-refractivity contribution in [3.05, 3.63) is 0 Å². The van der Waals surface area contributed by atoms with Crippen LogP contribution >= 0.6 is 0 Å². The summed E-state index contributed by atoms with van der Waals surface area (Å²) in [6.07, 6.45) is 2.28. The molecule has 18 heavy (non-hydrogen) atoms. The van der Waals surface area contributed by atoms with E-state index in [1.54, 1.807) is 11.8 Å². The Morgan fingerprint density at radius 1 is 1.22 bits per heavy atom. The van der Waals surface area contributed by atoms with Crippen LogP contribution in [0.2, 0.25) is 0 Å². The summed E-state index contributed by atoms with van der Waals surface area (Å²) in [5.41, 5.74) is 0. The van der Waals surface area contributed by atoms with Gasteiger partial charge in [-0.2, -0.15) is 0 Å². The molecule has 0 radical (unpaired) electrons. The Hall–Kier alpha value is -1.26. The maximum Gasteiger partial charge on any atom is 0.320 e. The van der Waals surface area contributed by atoms with E-state index < -0.39 is 5.97 Å². The molecular formula is C13H22N2O3. The number of aliphatic carboxylic acids is 1. The molecule has 0 aliphatic carbocycles. The van der Waals surface area contributed by atoms with Gasteiger partial charge in [0.1, 0.15) is 0 Å². The third-order valence-electron chi connectivity index (χ3n) is 4.20. The van der Waals surface area contributed by atoms with Crippen molar-refractivity contribution in [3.63, 3.8) is 0 Å². The highest BCUT2D eigenvalue weighted by atomic mass is 16.4. The number of urea groups is 1. The first kappa shape index (κ1) is 13.2. The Bertz CT molecular complexity index is 339. The highest BCUT2D eigenvalue weighted by Gasteiger charge is 2.39. The molecule has 5 heteroatoms. The van der Waals surface area contributed by atoms with Gasteiger partial charge in [-0.15, -0.1) is 0 Å². The molecule has 2 saturated heterocycles. The number of hydrogen-bond donors (Lipinski definition) is 1. The van der Waals surface area contributed by atoms with Crippen LogP contribution < -0.4 is 0 Å². The number of piperidine rings is 1. The normalized spacial score (nSPS) is 26.7. The second-order valence-corrected chi connectivity index (χ2v) is 5.77. The second kappa shape index (κ2) is 5.16. The van der Waals surface area contributed by atoms with Crippen LogP contribution in [0.5, 0.6) is 0 Å². The fourth-order valence-electron chi connectivity index (χ4n) is 2.75. The SMILES string of the molecule is CC1CCCN(C(=O)N2CC(C(C)C(=O)O)C2)C1. The number of nitrogens with zero attached hydrogens (tertiary/aromatic N) is 2. The average molecular weight is 254 g/mol. The molecule has 0 bridgehead atoms. The molecule has 2 heterocycles. The number of rotatable bonds is 2. The van der Waals surface area contributed by atoms with Gasteiger partial charge in [0.25, 0.3) is 0 Å². The minimum absolute atomic E-state index is 0.0930. The number of amides is 2. The molecule has 0 aromatic heterocycles. The lowest BCUT2D eigenvalue weighted by molar-refractivity contribution is -0.144. The van der Waals surface area contributed by atoms with E-state index in [-0.39, 0.29) is 17.9 Å². The van der Waals surface area contributed by atoms with E-state index >= 15 is 0 Å². The van der Waals surface area contributed by atoms with Crippen molar-refractivity contribution in [2.75, 3.05) is 26.2 Å². The lowest BCUT2D eigenvalue weighted by Gasteiger charge is -2.44. The highest BCUT2D eigenvalue weighted by molar-refractivity contribution is 5.76. The smallest absolute Gasteiger partial charge is 0.320 e. The number of carboxylic acid groups (broad SMARTS) is 1. The van der Waals surface area contributed by atoms with Crippen molar-refractivity contribution < 1.29 is 14.7 Å². The molecule has 2 amide bonds. The topological polar surface area (TPSA) is 60.9 Å². The molecule has 2 aliphatic rings. The van der Waals surface area contributed by atoms with Crippen LogP contribution in [-0.4, -0.2) is 53.1 Å². The minimum Gasteiger partial charge on any atom is -0.481 e. The van der Waals surface area contributed by atoms with Gasteiger partial charge >= 0.3 is 12.0 Å². The summed E-state index contributed by atoms with van der Waals surface area (Å²) in [5.74, 6) is -0.417. The van der Waals surface area contributed by atoms with Gasteiger partial charge in [-0.1, -0.05) is 13.8 Å². The first-order valence-electron chi connectivity index (χ1n) is 6.75. The fourth-order valence-corrected chi connectivity index (χ4v) is 2.75. The predicted octanol–water partition coefficient (Wildman–Crippen LogP) is 1.49. The molecule has 0 spiro atoms. The monoisotopic (exact) mass is 254 g/mol. The number of carbonyl (C=O) groups is 2. The molecule has 102 valence electrons. The van der Waals surface area contributed by atoms with Crippen molar-refractivity contribution in [2.24, 2.45) is 17.8 Å². The van der Waals surface area contributed by atoms with Crippen LogP contribution in [0.25, 0.3) is 0 Å². The van der Waals surface area contributed by atoms with Crippen LogP contribution in [0.3, 0.4) is 0 Å². The highest BCUT2D eigenvalue weighted by Crippen LogP contribution is 2.26. The Morgan fingerprint density at radius 2 is 1.89 bits per heavy atom. The van der Waals surface area contributed by atoms with Gasteiger partial charge < -0.3 is 14.9 Å². The maximum atomic E-state index is 12.2. The molecule has 0 aromatic carbocycles. The van der Waals surface area contributed by atoms with Crippen LogP contribution in [0.1, 0.15) is 26.7 Å². The number of carbonyl (C=O) groups excluding carboxylic acids is 1. The van der Waals surface area contributed by atoms with Crippen LogP contribution in [0.15, 0.2) is 0 Å². The van der Waals surface area contributed by atoms with Gasteiger partial charge in [0.2, 0.25) is 0 Å². The summed E-state index contributed by atoms with van der Waals surface area (Å²) < 4.78 is 0. The molecule has 0 aromatic rings. The maximum absolute atomic E-state index is 12.2. The lowest BCUT2D eigenvalue weighted by Crippen LogP contribution is -2.58. The molecular weight excluding hydrogens is 232 g/mol. The van der Waals surface area contributed by atoms with Crippen LogP contribution in [0.4, 0.5) is 4.79 Å². The van der Waals surface area contributed by atoms with E-state index in [0.717, 1.165) is 19.5 Å². The molecule has 2 aliphatic heterocycles. The van der Waals surface area contributed by atoms with E-state index in [1.165, 1.54) is 6.42 Å². The standard InChI is InChI=1S/C13H22N2O3/c1-9-4-3-5-14(6-9)13(18)15-7-11(8-15)10(2)12(16)17/h9-11H,3-8H2,1-2H3,(H,16,17). The third kappa shape index (κ3) is 2.60. The first-order chi connectivity index (χ1) is 8.49. The lowest BCUT2D eigenvalue weighted by atomic mass is 9.87. The van der Waals surface area contributed by atoms with Crippen LogP contribution in [-0.2, 0) is 4.79 Å². The molecule has 2 atom stereocenters.